The second kappa shape index (κ2) is 7.44. The van der Waals surface area contributed by atoms with E-state index in [4.69, 9.17) is 5.11 Å². The molecule has 1 aliphatic heterocycles. The monoisotopic (exact) mass is 342 g/mol. The van der Waals surface area contributed by atoms with E-state index in [2.05, 4.69) is 4.90 Å². The third kappa shape index (κ3) is 4.22. The van der Waals surface area contributed by atoms with Gasteiger partial charge in [-0.15, -0.1) is 0 Å². The van der Waals surface area contributed by atoms with Gasteiger partial charge >= 0.3 is 5.97 Å². The van der Waals surface area contributed by atoms with Gasteiger partial charge < -0.3 is 10.0 Å². The summed E-state index contributed by atoms with van der Waals surface area (Å²) in [4.78, 5) is 27.3. The maximum atomic E-state index is 13.3. The molecule has 130 valence electrons. The van der Waals surface area contributed by atoms with Crippen molar-refractivity contribution < 1.29 is 19.1 Å². The van der Waals surface area contributed by atoms with Crippen LogP contribution in [0.25, 0.3) is 0 Å². The van der Waals surface area contributed by atoms with Crippen LogP contribution in [0.4, 0.5) is 4.39 Å². The van der Waals surface area contributed by atoms with E-state index in [1.54, 1.807) is 29.2 Å². The van der Waals surface area contributed by atoms with Gasteiger partial charge in [0.05, 0.1) is 5.56 Å². The molecule has 1 fully saturated rings. The molecule has 1 aliphatic rings. The summed E-state index contributed by atoms with van der Waals surface area (Å²) in [6, 6.07) is 12.6. The number of carboxylic acids is 1. The van der Waals surface area contributed by atoms with E-state index in [0.717, 1.165) is 5.56 Å². The molecule has 0 unspecified atom stereocenters. The van der Waals surface area contributed by atoms with Crippen molar-refractivity contribution in [3.63, 3.8) is 0 Å². The average molecular weight is 342 g/mol. The molecule has 0 radical (unpaired) electrons. The van der Waals surface area contributed by atoms with Crippen LogP contribution in [0, 0.1) is 5.82 Å². The van der Waals surface area contributed by atoms with Gasteiger partial charge in [-0.2, -0.15) is 0 Å². The first kappa shape index (κ1) is 17.1. The van der Waals surface area contributed by atoms with Crippen molar-refractivity contribution in [3.8, 4) is 0 Å². The average Bonchev–Trinajstić information content (AvgIpc) is 2.62. The molecule has 0 saturated carbocycles. The second-order valence-corrected chi connectivity index (χ2v) is 6.08. The van der Waals surface area contributed by atoms with Crippen molar-refractivity contribution in [1.82, 2.24) is 9.80 Å². The lowest BCUT2D eigenvalue weighted by atomic mass is 10.1. The van der Waals surface area contributed by atoms with Gasteiger partial charge in [-0.05, 0) is 35.9 Å². The summed E-state index contributed by atoms with van der Waals surface area (Å²) in [6.45, 7) is 3.15. The Labute approximate surface area is 145 Å². The zero-order chi connectivity index (χ0) is 17.8. The van der Waals surface area contributed by atoms with E-state index in [0.29, 0.717) is 38.3 Å². The van der Waals surface area contributed by atoms with Crippen LogP contribution < -0.4 is 0 Å². The highest BCUT2D eigenvalue weighted by molar-refractivity contribution is 5.94. The van der Waals surface area contributed by atoms with Crippen molar-refractivity contribution >= 4 is 11.9 Å². The number of nitrogens with zero attached hydrogens (tertiary/aromatic N) is 2. The molecular formula is C19H19FN2O3. The minimum atomic E-state index is -0.938. The molecule has 2 aromatic rings. The maximum absolute atomic E-state index is 13.3. The Hall–Kier alpha value is -2.73. The van der Waals surface area contributed by atoms with Gasteiger partial charge in [0.15, 0.2) is 0 Å². The summed E-state index contributed by atoms with van der Waals surface area (Å²) < 4.78 is 13.3. The lowest BCUT2D eigenvalue weighted by Gasteiger charge is -2.34. The van der Waals surface area contributed by atoms with Gasteiger partial charge in [0.1, 0.15) is 5.82 Å². The van der Waals surface area contributed by atoms with Crippen molar-refractivity contribution in [2.75, 3.05) is 26.2 Å². The lowest BCUT2D eigenvalue weighted by Crippen LogP contribution is -2.48. The highest BCUT2D eigenvalue weighted by atomic mass is 19.1. The fourth-order valence-corrected chi connectivity index (χ4v) is 2.97. The quantitative estimate of drug-likeness (QED) is 0.927. The molecule has 0 aliphatic carbocycles. The Kier molecular flexibility index (Phi) is 5.09. The molecule has 0 atom stereocenters. The standard InChI is InChI=1S/C19H19FN2O3/c20-17-6-2-4-15(12-17)18(23)22-9-7-21(8-10-22)13-14-3-1-5-16(11-14)19(24)25/h1-6,11-12H,7-10,13H2,(H,24,25). The molecule has 1 saturated heterocycles. The van der Waals surface area contributed by atoms with Crippen molar-refractivity contribution in [2.24, 2.45) is 0 Å². The number of carbonyl (C=O) groups is 2. The number of hydrogen-bond donors (Lipinski definition) is 1. The summed E-state index contributed by atoms with van der Waals surface area (Å²) in [5, 5.41) is 9.05. The largest absolute Gasteiger partial charge is 0.478 e. The van der Waals surface area contributed by atoms with Gasteiger partial charge in [-0.3, -0.25) is 9.69 Å². The topological polar surface area (TPSA) is 60.9 Å². The fourth-order valence-electron chi connectivity index (χ4n) is 2.97. The normalized spacial score (nSPS) is 15.2. The molecule has 5 nitrogen and oxygen atoms in total. The van der Waals surface area contributed by atoms with Crippen LogP contribution in [0.5, 0.6) is 0 Å². The summed E-state index contributed by atoms with van der Waals surface area (Å²) in [6.07, 6.45) is 0. The highest BCUT2D eigenvalue weighted by Crippen LogP contribution is 2.13. The molecule has 0 spiro atoms. The first-order chi connectivity index (χ1) is 12.0. The van der Waals surface area contributed by atoms with Crippen LogP contribution in [0.1, 0.15) is 26.3 Å². The number of carboxylic acid groups (broad SMARTS) is 1. The van der Waals surface area contributed by atoms with Crippen LogP contribution in [0.15, 0.2) is 48.5 Å². The molecule has 3 rings (SSSR count). The van der Waals surface area contributed by atoms with Crippen LogP contribution in [0.3, 0.4) is 0 Å². The predicted octanol–water partition coefficient (Wildman–Crippen LogP) is 2.48. The van der Waals surface area contributed by atoms with Crippen LogP contribution in [-0.2, 0) is 6.54 Å². The van der Waals surface area contributed by atoms with E-state index in [1.807, 2.05) is 6.07 Å². The summed E-state index contributed by atoms with van der Waals surface area (Å²) in [5.74, 6) is -1.51. The van der Waals surface area contributed by atoms with E-state index in [1.165, 1.54) is 18.2 Å². The van der Waals surface area contributed by atoms with Crippen LogP contribution in [0.2, 0.25) is 0 Å². The Morgan fingerprint density at radius 3 is 2.32 bits per heavy atom. The van der Waals surface area contributed by atoms with Gasteiger partial charge in [0, 0.05) is 38.3 Å². The van der Waals surface area contributed by atoms with Gasteiger partial charge in [0.25, 0.3) is 5.91 Å². The number of hydrogen-bond acceptors (Lipinski definition) is 3. The number of aromatic carboxylic acids is 1. The minimum Gasteiger partial charge on any atom is -0.478 e. The number of carbonyl (C=O) groups excluding carboxylic acids is 1. The van der Waals surface area contributed by atoms with E-state index < -0.39 is 11.8 Å². The molecule has 2 aromatic carbocycles. The van der Waals surface area contributed by atoms with Crippen molar-refractivity contribution in [1.29, 1.82) is 0 Å². The van der Waals surface area contributed by atoms with Gasteiger partial charge in [-0.1, -0.05) is 18.2 Å². The summed E-state index contributed by atoms with van der Waals surface area (Å²) in [5.41, 5.74) is 1.57. The molecule has 1 amide bonds. The highest BCUT2D eigenvalue weighted by Gasteiger charge is 2.22. The number of benzene rings is 2. The van der Waals surface area contributed by atoms with Crippen LogP contribution >= 0.6 is 0 Å². The van der Waals surface area contributed by atoms with E-state index in [9.17, 15) is 14.0 Å². The third-order valence-corrected chi connectivity index (χ3v) is 4.31. The first-order valence-corrected chi connectivity index (χ1v) is 8.12. The molecule has 0 aromatic heterocycles. The second-order valence-electron chi connectivity index (χ2n) is 6.08. The Morgan fingerprint density at radius 1 is 0.960 bits per heavy atom. The van der Waals surface area contributed by atoms with Crippen LogP contribution in [-0.4, -0.2) is 53.0 Å². The summed E-state index contributed by atoms with van der Waals surface area (Å²) in [7, 11) is 0. The SMILES string of the molecule is O=C(O)c1cccc(CN2CCN(C(=O)c3cccc(F)c3)CC2)c1. The summed E-state index contributed by atoms with van der Waals surface area (Å²) >= 11 is 0. The number of amides is 1. The Bertz CT molecular complexity index is 786. The van der Waals surface area contributed by atoms with E-state index in [-0.39, 0.29) is 11.5 Å². The molecule has 1 heterocycles. The molecule has 6 heteroatoms. The smallest absolute Gasteiger partial charge is 0.335 e. The minimum absolute atomic E-state index is 0.160. The van der Waals surface area contributed by atoms with Crippen molar-refractivity contribution in [3.05, 3.63) is 71.0 Å². The molecule has 0 bridgehead atoms. The van der Waals surface area contributed by atoms with Gasteiger partial charge in [-0.25, -0.2) is 9.18 Å². The van der Waals surface area contributed by atoms with Crippen molar-refractivity contribution in [2.45, 2.75) is 6.54 Å². The predicted molar refractivity (Wildman–Crippen MR) is 91.0 cm³/mol. The Morgan fingerprint density at radius 2 is 1.64 bits per heavy atom. The number of halogens is 1. The number of rotatable bonds is 4. The Balaban J connectivity index is 1.58. The fraction of sp³-hybridized carbons (Fsp3) is 0.263. The zero-order valence-corrected chi connectivity index (χ0v) is 13.7. The third-order valence-electron chi connectivity index (χ3n) is 4.31. The number of piperazine rings is 1. The van der Waals surface area contributed by atoms with E-state index >= 15 is 0 Å². The molecule has 1 N–H and O–H groups in total. The molecule has 25 heavy (non-hydrogen) atoms. The first-order valence-electron chi connectivity index (χ1n) is 8.12. The lowest BCUT2D eigenvalue weighted by molar-refractivity contribution is 0.0625. The molecular weight excluding hydrogens is 323 g/mol. The van der Waals surface area contributed by atoms with Gasteiger partial charge in [0.2, 0.25) is 0 Å². The zero-order valence-electron chi connectivity index (χ0n) is 13.7. The maximum Gasteiger partial charge on any atom is 0.335 e.